The molecule has 0 fully saturated rings. The van der Waals surface area contributed by atoms with Crippen LogP contribution >= 0.6 is 11.6 Å². The van der Waals surface area contributed by atoms with Crippen molar-refractivity contribution in [1.29, 1.82) is 0 Å². The van der Waals surface area contributed by atoms with E-state index in [-0.39, 0.29) is 17.9 Å². The summed E-state index contributed by atoms with van der Waals surface area (Å²) in [6.07, 6.45) is 0.631. The Morgan fingerprint density at radius 1 is 1.03 bits per heavy atom. The molecular formula is C29H26ClN3O4. The van der Waals surface area contributed by atoms with Crippen LogP contribution in [0.25, 0.3) is 22.0 Å². The fourth-order valence-corrected chi connectivity index (χ4v) is 4.99. The predicted octanol–water partition coefficient (Wildman–Crippen LogP) is 5.95. The van der Waals surface area contributed by atoms with E-state index in [9.17, 15) is 9.59 Å². The summed E-state index contributed by atoms with van der Waals surface area (Å²) in [6.45, 7) is 1.79. The van der Waals surface area contributed by atoms with Crippen LogP contribution in [0.5, 0.6) is 11.5 Å². The highest BCUT2D eigenvalue weighted by Crippen LogP contribution is 2.39. The molecule has 8 heteroatoms. The number of hydrazone groups is 1. The molecule has 1 aromatic heterocycles. The maximum Gasteiger partial charge on any atom is 0.258 e. The summed E-state index contributed by atoms with van der Waals surface area (Å²) in [5, 5.41) is 7.58. The van der Waals surface area contributed by atoms with Gasteiger partial charge in [-0.05, 0) is 41.5 Å². The first-order valence-corrected chi connectivity index (χ1v) is 12.4. The second kappa shape index (κ2) is 10.1. The molecule has 0 bridgehead atoms. The Bertz CT molecular complexity index is 1580. The van der Waals surface area contributed by atoms with Crippen LogP contribution < -0.4 is 15.0 Å². The standard InChI is InChI=1S/C29H26ClN3O4/c1-4-26(34)33-23(18-10-13-24(36-2)25(14-18)37-3)16-22(32-33)28-27(17-8-6-5-7-9-17)20-15-19(30)11-12-21(20)31-29(28)35/h5-15,23H,4,16H2,1-3H3,(H,31,35)/t23-/m0/s1. The van der Waals surface area contributed by atoms with Gasteiger partial charge in [-0.3, -0.25) is 9.59 Å². The summed E-state index contributed by atoms with van der Waals surface area (Å²) in [5.74, 6) is 1.00. The number of rotatable bonds is 6. The largest absolute Gasteiger partial charge is 0.493 e. The molecular weight excluding hydrogens is 490 g/mol. The van der Waals surface area contributed by atoms with E-state index in [0.717, 1.165) is 22.1 Å². The fourth-order valence-electron chi connectivity index (χ4n) is 4.82. The van der Waals surface area contributed by atoms with Crippen LogP contribution in [0.15, 0.2) is 76.6 Å². The highest BCUT2D eigenvalue weighted by Gasteiger charge is 2.35. The number of hydrogen-bond donors (Lipinski definition) is 1. The van der Waals surface area contributed by atoms with Gasteiger partial charge in [0, 0.05) is 34.3 Å². The molecule has 7 nitrogen and oxygen atoms in total. The number of nitrogens with one attached hydrogen (secondary N) is 1. The van der Waals surface area contributed by atoms with E-state index in [1.165, 1.54) is 5.01 Å². The van der Waals surface area contributed by atoms with Crippen LogP contribution in [0.3, 0.4) is 0 Å². The molecule has 1 aliphatic heterocycles. The molecule has 37 heavy (non-hydrogen) atoms. The highest BCUT2D eigenvalue weighted by molar-refractivity contribution is 6.31. The van der Waals surface area contributed by atoms with Gasteiger partial charge >= 0.3 is 0 Å². The minimum atomic E-state index is -0.402. The molecule has 0 radical (unpaired) electrons. The molecule has 2 heterocycles. The van der Waals surface area contributed by atoms with Crippen LogP contribution in [0.4, 0.5) is 0 Å². The highest BCUT2D eigenvalue weighted by atomic mass is 35.5. The predicted molar refractivity (Wildman–Crippen MR) is 146 cm³/mol. The summed E-state index contributed by atoms with van der Waals surface area (Å²) in [4.78, 5) is 29.6. The van der Waals surface area contributed by atoms with Crippen LogP contribution in [-0.4, -0.2) is 35.8 Å². The van der Waals surface area contributed by atoms with Crippen molar-refractivity contribution in [3.63, 3.8) is 0 Å². The molecule has 0 saturated carbocycles. The Morgan fingerprint density at radius 2 is 1.78 bits per heavy atom. The lowest BCUT2D eigenvalue weighted by Crippen LogP contribution is -2.26. The molecule has 3 aromatic carbocycles. The van der Waals surface area contributed by atoms with Crippen LogP contribution in [0, 0.1) is 0 Å². The van der Waals surface area contributed by atoms with Gasteiger partial charge in [0.25, 0.3) is 5.56 Å². The Kier molecular flexibility index (Phi) is 6.72. The van der Waals surface area contributed by atoms with Crippen molar-refractivity contribution >= 4 is 34.1 Å². The summed E-state index contributed by atoms with van der Waals surface area (Å²) >= 11 is 6.37. The zero-order chi connectivity index (χ0) is 26.1. The lowest BCUT2D eigenvalue weighted by atomic mass is 9.91. The average molecular weight is 516 g/mol. The van der Waals surface area contributed by atoms with Crippen molar-refractivity contribution in [3.8, 4) is 22.6 Å². The van der Waals surface area contributed by atoms with Crippen molar-refractivity contribution in [1.82, 2.24) is 9.99 Å². The van der Waals surface area contributed by atoms with Crippen molar-refractivity contribution in [2.75, 3.05) is 14.2 Å². The number of pyridine rings is 1. The lowest BCUT2D eigenvalue weighted by molar-refractivity contribution is -0.132. The normalized spacial score (nSPS) is 15.1. The third-order valence-electron chi connectivity index (χ3n) is 6.59. The van der Waals surface area contributed by atoms with Gasteiger partial charge in [-0.25, -0.2) is 5.01 Å². The van der Waals surface area contributed by atoms with Gasteiger partial charge < -0.3 is 14.5 Å². The first kappa shape index (κ1) is 24.6. The minimum Gasteiger partial charge on any atom is -0.493 e. The number of carbonyl (C=O) groups is 1. The Balaban J connectivity index is 1.71. The minimum absolute atomic E-state index is 0.142. The van der Waals surface area contributed by atoms with E-state index in [4.69, 9.17) is 26.2 Å². The third-order valence-corrected chi connectivity index (χ3v) is 6.82. The second-order valence-corrected chi connectivity index (χ2v) is 9.17. The number of carbonyl (C=O) groups excluding carboxylic acids is 1. The van der Waals surface area contributed by atoms with Crippen LogP contribution in [-0.2, 0) is 4.79 Å². The number of aromatic amines is 1. The topological polar surface area (TPSA) is 84.0 Å². The van der Waals surface area contributed by atoms with Gasteiger partial charge in [-0.1, -0.05) is 54.9 Å². The molecule has 1 aliphatic rings. The van der Waals surface area contributed by atoms with Crippen molar-refractivity contribution in [2.24, 2.45) is 5.10 Å². The van der Waals surface area contributed by atoms with Crippen LogP contribution in [0.2, 0.25) is 5.02 Å². The SMILES string of the molecule is CCC(=O)N1N=C(c2c(-c3ccccc3)c3cc(Cl)ccc3[nH]c2=O)C[C@H]1c1ccc(OC)c(OC)c1. The van der Waals surface area contributed by atoms with E-state index in [1.54, 1.807) is 39.3 Å². The number of ether oxygens (including phenoxy) is 2. The van der Waals surface area contributed by atoms with E-state index < -0.39 is 6.04 Å². The number of methoxy groups -OCH3 is 2. The summed E-state index contributed by atoms with van der Waals surface area (Å²) in [5.41, 5.74) is 3.79. The number of fused-ring (bicyclic) bond motifs is 1. The maximum atomic E-state index is 13.6. The number of hydrogen-bond acceptors (Lipinski definition) is 5. The van der Waals surface area contributed by atoms with E-state index in [2.05, 4.69) is 4.98 Å². The Morgan fingerprint density at radius 3 is 2.49 bits per heavy atom. The molecule has 188 valence electrons. The van der Waals surface area contributed by atoms with Crippen molar-refractivity contribution in [2.45, 2.75) is 25.8 Å². The number of aromatic nitrogens is 1. The molecule has 5 rings (SSSR count). The molecule has 1 atom stereocenters. The Hall–Kier alpha value is -4.10. The molecule has 0 aliphatic carbocycles. The average Bonchev–Trinajstić information content (AvgIpc) is 3.37. The van der Waals surface area contributed by atoms with E-state index in [1.807, 2.05) is 48.5 Å². The molecule has 1 N–H and O–H groups in total. The fraction of sp³-hybridized carbons (Fsp3) is 0.207. The molecule has 0 unspecified atom stereocenters. The smallest absolute Gasteiger partial charge is 0.258 e. The van der Waals surface area contributed by atoms with Gasteiger partial charge in [0.1, 0.15) is 0 Å². The zero-order valence-electron chi connectivity index (χ0n) is 20.7. The van der Waals surface area contributed by atoms with Gasteiger partial charge in [0.05, 0.1) is 31.5 Å². The van der Waals surface area contributed by atoms with Gasteiger partial charge in [-0.15, -0.1) is 0 Å². The number of amides is 1. The first-order valence-electron chi connectivity index (χ1n) is 12.0. The van der Waals surface area contributed by atoms with Crippen molar-refractivity contribution < 1.29 is 14.3 Å². The van der Waals surface area contributed by atoms with Gasteiger partial charge in [0.15, 0.2) is 11.5 Å². The first-order chi connectivity index (χ1) is 17.9. The lowest BCUT2D eigenvalue weighted by Gasteiger charge is -2.22. The quantitative estimate of drug-likeness (QED) is 0.344. The summed E-state index contributed by atoms with van der Waals surface area (Å²) in [7, 11) is 3.14. The molecule has 1 amide bonds. The maximum absolute atomic E-state index is 13.6. The number of H-pyrrole nitrogens is 1. The Labute approximate surface area is 219 Å². The zero-order valence-corrected chi connectivity index (χ0v) is 21.5. The molecule has 0 spiro atoms. The summed E-state index contributed by atoms with van der Waals surface area (Å²) < 4.78 is 10.9. The van der Waals surface area contributed by atoms with E-state index >= 15 is 0 Å². The monoisotopic (exact) mass is 515 g/mol. The number of halogens is 1. The molecule has 0 saturated heterocycles. The molecule has 4 aromatic rings. The second-order valence-electron chi connectivity index (χ2n) is 8.73. The van der Waals surface area contributed by atoms with Gasteiger partial charge in [-0.2, -0.15) is 5.10 Å². The van der Waals surface area contributed by atoms with E-state index in [0.29, 0.717) is 39.7 Å². The van der Waals surface area contributed by atoms with Crippen LogP contribution in [0.1, 0.15) is 36.9 Å². The van der Waals surface area contributed by atoms with Gasteiger partial charge in [0.2, 0.25) is 5.91 Å². The third kappa shape index (κ3) is 4.47. The number of nitrogens with zero attached hydrogens (tertiary/aromatic N) is 2. The number of benzene rings is 3. The summed E-state index contributed by atoms with van der Waals surface area (Å²) in [6, 6.07) is 20.2. The van der Waals surface area contributed by atoms with Crippen molar-refractivity contribution in [3.05, 3.63) is 93.2 Å².